The molecule has 1 aliphatic rings. The van der Waals surface area contributed by atoms with E-state index in [2.05, 4.69) is 5.32 Å². The van der Waals surface area contributed by atoms with Gasteiger partial charge in [0.05, 0.1) is 5.54 Å². The summed E-state index contributed by atoms with van der Waals surface area (Å²) >= 11 is 0. The Labute approximate surface area is 115 Å². The van der Waals surface area contributed by atoms with Crippen LogP contribution in [0.25, 0.3) is 0 Å². The van der Waals surface area contributed by atoms with Gasteiger partial charge in [0.25, 0.3) is 0 Å². The molecule has 0 spiro atoms. The molecule has 1 saturated heterocycles. The molecule has 0 aliphatic carbocycles. The zero-order chi connectivity index (χ0) is 15.1. The molecule has 1 rings (SSSR count). The van der Waals surface area contributed by atoms with Crippen LogP contribution in [0.1, 0.15) is 48.5 Å². The molecule has 0 aromatic rings. The van der Waals surface area contributed by atoms with Crippen LogP contribution < -0.4 is 5.32 Å². The van der Waals surface area contributed by atoms with E-state index in [0.717, 1.165) is 0 Å². The van der Waals surface area contributed by atoms with Crippen LogP contribution in [0.4, 0.5) is 4.79 Å². The van der Waals surface area contributed by atoms with Crippen molar-refractivity contribution in [2.45, 2.75) is 59.6 Å². The summed E-state index contributed by atoms with van der Waals surface area (Å²) in [5, 5.41) is 2.83. The van der Waals surface area contributed by atoms with Crippen molar-refractivity contribution in [3.8, 4) is 0 Å². The molecule has 110 valence electrons. The number of hydrogen-bond donors (Lipinski definition) is 1. The second kappa shape index (κ2) is 4.69. The highest BCUT2D eigenvalue weighted by atomic mass is 16.6. The highest BCUT2D eigenvalue weighted by Crippen LogP contribution is 2.27. The third-order valence-electron chi connectivity index (χ3n) is 2.81. The molecule has 1 N–H and O–H groups in total. The zero-order valence-corrected chi connectivity index (χ0v) is 13.1. The first kappa shape index (κ1) is 15.8. The van der Waals surface area contributed by atoms with Crippen LogP contribution in [0.15, 0.2) is 0 Å². The second-order valence-electron chi connectivity index (χ2n) is 7.60. The van der Waals surface area contributed by atoms with Crippen LogP contribution in [-0.2, 0) is 9.53 Å². The smallest absolute Gasteiger partial charge is 0.408 e. The summed E-state index contributed by atoms with van der Waals surface area (Å²) in [6.45, 7) is 14.1. The topological polar surface area (TPSA) is 58.6 Å². The lowest BCUT2D eigenvalue weighted by molar-refractivity contribution is -0.147. The maximum absolute atomic E-state index is 12.0. The minimum atomic E-state index is -0.509. The number of ether oxygens (including phenoxy) is 1. The predicted octanol–water partition coefficient (Wildman–Crippen LogP) is 2.16. The van der Waals surface area contributed by atoms with Gasteiger partial charge in [0.1, 0.15) is 5.60 Å². The van der Waals surface area contributed by atoms with Crippen LogP contribution in [-0.4, -0.2) is 41.1 Å². The molecule has 0 saturated carbocycles. The third kappa shape index (κ3) is 4.40. The van der Waals surface area contributed by atoms with E-state index in [9.17, 15) is 9.59 Å². The molecule has 19 heavy (non-hydrogen) atoms. The average Bonchev–Trinajstić information content (AvgIpc) is 2.07. The Morgan fingerprint density at radius 2 is 1.58 bits per heavy atom. The number of nitrogens with zero attached hydrogens (tertiary/aromatic N) is 1. The molecular weight excluding hydrogens is 244 g/mol. The Balaban J connectivity index is 2.48. The minimum absolute atomic E-state index is 0.107. The molecule has 0 radical (unpaired) electrons. The molecule has 1 heterocycles. The SMILES string of the molecule is CC1(NC(=O)OC(C)(C)C)CN(C(=O)C(C)(C)C)C1. The van der Waals surface area contributed by atoms with Crippen molar-refractivity contribution in [1.82, 2.24) is 10.2 Å². The number of alkyl carbamates (subject to hydrolysis) is 1. The highest BCUT2D eigenvalue weighted by molar-refractivity contribution is 5.83. The fourth-order valence-electron chi connectivity index (χ4n) is 2.04. The van der Waals surface area contributed by atoms with Crippen LogP contribution in [0.2, 0.25) is 0 Å². The molecular formula is C14H26N2O3. The number of rotatable bonds is 1. The largest absolute Gasteiger partial charge is 0.444 e. The van der Waals surface area contributed by atoms with Crippen molar-refractivity contribution in [1.29, 1.82) is 0 Å². The van der Waals surface area contributed by atoms with Gasteiger partial charge in [0.15, 0.2) is 0 Å². The molecule has 1 aliphatic heterocycles. The van der Waals surface area contributed by atoms with E-state index in [-0.39, 0.29) is 16.9 Å². The van der Waals surface area contributed by atoms with Gasteiger partial charge in [-0.15, -0.1) is 0 Å². The summed E-state index contributed by atoms with van der Waals surface area (Å²) < 4.78 is 5.22. The van der Waals surface area contributed by atoms with Crippen molar-refractivity contribution in [3.63, 3.8) is 0 Å². The number of hydrogen-bond acceptors (Lipinski definition) is 3. The summed E-state index contributed by atoms with van der Waals surface area (Å²) in [4.78, 5) is 25.5. The van der Waals surface area contributed by atoms with Gasteiger partial charge in [-0.25, -0.2) is 4.79 Å². The molecule has 0 atom stereocenters. The van der Waals surface area contributed by atoms with E-state index in [4.69, 9.17) is 4.74 Å². The van der Waals surface area contributed by atoms with E-state index in [1.807, 2.05) is 48.5 Å². The molecule has 0 unspecified atom stereocenters. The van der Waals surface area contributed by atoms with Gasteiger partial charge in [0.2, 0.25) is 5.91 Å². The maximum atomic E-state index is 12.0. The van der Waals surface area contributed by atoms with Crippen LogP contribution >= 0.6 is 0 Å². The molecule has 1 fully saturated rings. The van der Waals surface area contributed by atoms with Crippen molar-refractivity contribution >= 4 is 12.0 Å². The van der Waals surface area contributed by atoms with Crippen molar-refractivity contribution in [2.24, 2.45) is 5.41 Å². The monoisotopic (exact) mass is 270 g/mol. The molecule has 0 aromatic carbocycles. The standard InChI is InChI=1S/C14H26N2O3/c1-12(2,3)10(17)16-8-14(7,9-16)15-11(18)19-13(4,5)6/h8-9H2,1-7H3,(H,15,18). The minimum Gasteiger partial charge on any atom is -0.444 e. The van der Waals surface area contributed by atoms with Gasteiger partial charge in [-0.05, 0) is 27.7 Å². The molecule has 5 nitrogen and oxygen atoms in total. The van der Waals surface area contributed by atoms with Crippen LogP contribution in [0.3, 0.4) is 0 Å². The van der Waals surface area contributed by atoms with Gasteiger partial charge >= 0.3 is 6.09 Å². The van der Waals surface area contributed by atoms with E-state index in [1.165, 1.54) is 0 Å². The zero-order valence-electron chi connectivity index (χ0n) is 13.1. The van der Waals surface area contributed by atoms with Gasteiger partial charge in [-0.3, -0.25) is 4.79 Å². The van der Waals surface area contributed by atoms with Crippen LogP contribution in [0, 0.1) is 5.41 Å². The maximum Gasteiger partial charge on any atom is 0.408 e. The second-order valence-corrected chi connectivity index (χ2v) is 7.60. The Kier molecular flexibility index (Phi) is 3.90. The first-order valence-corrected chi connectivity index (χ1v) is 6.63. The van der Waals surface area contributed by atoms with Gasteiger partial charge in [0, 0.05) is 18.5 Å². The molecule has 2 amide bonds. The van der Waals surface area contributed by atoms with Crippen LogP contribution in [0.5, 0.6) is 0 Å². The lowest BCUT2D eigenvalue weighted by Gasteiger charge is -2.49. The Hall–Kier alpha value is -1.26. The quantitative estimate of drug-likeness (QED) is 0.794. The normalized spacial score (nSPS) is 18.6. The number of nitrogens with one attached hydrogen (secondary N) is 1. The van der Waals surface area contributed by atoms with E-state index in [0.29, 0.717) is 13.1 Å². The summed E-state index contributed by atoms with van der Waals surface area (Å²) in [6, 6.07) is 0. The van der Waals surface area contributed by atoms with E-state index >= 15 is 0 Å². The lowest BCUT2D eigenvalue weighted by Crippen LogP contribution is -2.71. The average molecular weight is 270 g/mol. The number of likely N-dealkylation sites (tertiary alicyclic amines) is 1. The highest BCUT2D eigenvalue weighted by Gasteiger charge is 2.45. The fourth-order valence-corrected chi connectivity index (χ4v) is 2.04. The Morgan fingerprint density at radius 3 is 1.95 bits per heavy atom. The van der Waals surface area contributed by atoms with Gasteiger partial charge in [-0.2, -0.15) is 0 Å². The first-order valence-electron chi connectivity index (χ1n) is 6.63. The van der Waals surface area contributed by atoms with E-state index in [1.54, 1.807) is 4.90 Å². The van der Waals surface area contributed by atoms with Crippen molar-refractivity contribution in [3.05, 3.63) is 0 Å². The molecule has 0 aromatic heterocycles. The van der Waals surface area contributed by atoms with Gasteiger partial charge in [-0.1, -0.05) is 20.8 Å². The van der Waals surface area contributed by atoms with E-state index < -0.39 is 11.7 Å². The Morgan fingerprint density at radius 1 is 1.11 bits per heavy atom. The fraction of sp³-hybridized carbons (Fsp3) is 0.857. The van der Waals surface area contributed by atoms with Crippen molar-refractivity contribution in [2.75, 3.05) is 13.1 Å². The summed E-state index contributed by atoms with van der Waals surface area (Å²) in [7, 11) is 0. The first-order chi connectivity index (χ1) is 8.32. The number of carbonyl (C=O) groups is 2. The summed E-state index contributed by atoms with van der Waals surface area (Å²) in [5.41, 5.74) is -1.28. The summed E-state index contributed by atoms with van der Waals surface area (Å²) in [6.07, 6.45) is -0.433. The number of amides is 2. The summed E-state index contributed by atoms with van der Waals surface area (Å²) in [5.74, 6) is 0.107. The Bertz CT molecular complexity index is 371. The third-order valence-corrected chi connectivity index (χ3v) is 2.81. The lowest BCUT2D eigenvalue weighted by atomic mass is 9.87. The molecule has 0 bridgehead atoms. The molecule has 5 heteroatoms. The van der Waals surface area contributed by atoms with Crippen molar-refractivity contribution < 1.29 is 14.3 Å². The predicted molar refractivity (Wildman–Crippen MR) is 73.8 cm³/mol. The number of carbonyl (C=O) groups excluding carboxylic acids is 2. The van der Waals surface area contributed by atoms with Gasteiger partial charge < -0.3 is 15.0 Å².